The van der Waals surface area contributed by atoms with Gasteiger partial charge >= 0.3 is 0 Å². The van der Waals surface area contributed by atoms with Gasteiger partial charge < -0.3 is 9.88 Å². The number of fused-ring (bicyclic) bond motifs is 3. The van der Waals surface area contributed by atoms with E-state index < -0.39 is 0 Å². The second-order valence-corrected chi connectivity index (χ2v) is 8.27. The Kier molecular flexibility index (Phi) is 4.32. The van der Waals surface area contributed by atoms with Crippen LogP contribution in [-0.2, 0) is 6.42 Å². The molecule has 1 saturated heterocycles. The topological polar surface area (TPSA) is 44.8 Å². The number of aromatic amines is 1. The molecule has 3 heterocycles. The SMILES string of the molecule is Brc1ccc2[nH]c3c(N4CCC(Cc5ccccc5)CC4)ncnc3c2c1. The number of anilines is 1. The Morgan fingerprint density at radius 1 is 1.04 bits per heavy atom. The monoisotopic (exact) mass is 420 g/mol. The molecule has 0 aliphatic carbocycles. The summed E-state index contributed by atoms with van der Waals surface area (Å²) in [6, 6.07) is 17.1. The lowest BCUT2D eigenvalue weighted by molar-refractivity contribution is 0.402. The highest BCUT2D eigenvalue weighted by molar-refractivity contribution is 9.10. The predicted octanol–water partition coefficient (Wildman–Crippen LogP) is 5.33. The van der Waals surface area contributed by atoms with Crippen LogP contribution in [0.5, 0.6) is 0 Å². The lowest BCUT2D eigenvalue weighted by Gasteiger charge is -2.33. The van der Waals surface area contributed by atoms with Gasteiger partial charge in [0.1, 0.15) is 17.4 Å². The highest BCUT2D eigenvalue weighted by Crippen LogP contribution is 2.33. The average Bonchev–Trinajstić information content (AvgIpc) is 3.07. The van der Waals surface area contributed by atoms with Crippen molar-refractivity contribution < 1.29 is 0 Å². The molecule has 1 fully saturated rings. The summed E-state index contributed by atoms with van der Waals surface area (Å²) in [5, 5.41) is 1.14. The highest BCUT2D eigenvalue weighted by Gasteiger charge is 2.23. The number of benzene rings is 2. The first kappa shape index (κ1) is 16.8. The summed E-state index contributed by atoms with van der Waals surface area (Å²) in [7, 11) is 0. The minimum atomic E-state index is 0.750. The number of rotatable bonds is 3. The molecule has 4 aromatic rings. The fourth-order valence-electron chi connectivity index (χ4n) is 4.19. The van der Waals surface area contributed by atoms with Gasteiger partial charge in [-0.1, -0.05) is 46.3 Å². The Bertz CT molecular complexity index is 1080. The summed E-state index contributed by atoms with van der Waals surface area (Å²) >= 11 is 3.56. The Balaban J connectivity index is 1.39. The lowest BCUT2D eigenvalue weighted by atomic mass is 9.90. The first-order valence-electron chi connectivity index (χ1n) is 9.49. The van der Waals surface area contributed by atoms with E-state index in [0.717, 1.165) is 51.2 Å². The van der Waals surface area contributed by atoms with Crippen molar-refractivity contribution in [2.75, 3.05) is 18.0 Å². The molecule has 1 aliphatic heterocycles. The molecule has 0 bridgehead atoms. The Labute approximate surface area is 166 Å². The van der Waals surface area contributed by atoms with Crippen molar-refractivity contribution in [2.45, 2.75) is 19.3 Å². The summed E-state index contributed by atoms with van der Waals surface area (Å²) in [4.78, 5) is 15.1. The van der Waals surface area contributed by atoms with E-state index in [1.165, 1.54) is 24.8 Å². The molecule has 0 amide bonds. The zero-order valence-electron chi connectivity index (χ0n) is 15.0. The molecular formula is C22H21BrN4. The van der Waals surface area contributed by atoms with Crippen LogP contribution in [0.15, 0.2) is 59.3 Å². The quantitative estimate of drug-likeness (QED) is 0.486. The molecule has 0 radical (unpaired) electrons. The van der Waals surface area contributed by atoms with Crippen molar-refractivity contribution in [3.8, 4) is 0 Å². The zero-order chi connectivity index (χ0) is 18.2. The van der Waals surface area contributed by atoms with Crippen LogP contribution in [0.4, 0.5) is 5.82 Å². The van der Waals surface area contributed by atoms with Crippen LogP contribution < -0.4 is 4.90 Å². The largest absolute Gasteiger partial charge is 0.355 e. The summed E-state index contributed by atoms with van der Waals surface area (Å²) < 4.78 is 1.07. The first-order valence-corrected chi connectivity index (χ1v) is 10.3. The van der Waals surface area contributed by atoms with Crippen LogP contribution in [-0.4, -0.2) is 28.0 Å². The number of hydrogen-bond acceptors (Lipinski definition) is 3. The van der Waals surface area contributed by atoms with Crippen LogP contribution >= 0.6 is 15.9 Å². The number of piperidine rings is 1. The third kappa shape index (κ3) is 3.21. The van der Waals surface area contributed by atoms with Crippen molar-refractivity contribution in [1.82, 2.24) is 15.0 Å². The lowest BCUT2D eigenvalue weighted by Crippen LogP contribution is -2.35. The van der Waals surface area contributed by atoms with E-state index in [9.17, 15) is 0 Å². The van der Waals surface area contributed by atoms with Crippen molar-refractivity contribution in [3.63, 3.8) is 0 Å². The van der Waals surface area contributed by atoms with Crippen LogP contribution in [0.2, 0.25) is 0 Å². The van der Waals surface area contributed by atoms with Crippen LogP contribution in [0.3, 0.4) is 0 Å². The Hall–Kier alpha value is -2.40. The van der Waals surface area contributed by atoms with E-state index in [1.54, 1.807) is 6.33 Å². The molecule has 1 aliphatic rings. The van der Waals surface area contributed by atoms with Gasteiger partial charge in [-0.3, -0.25) is 0 Å². The van der Waals surface area contributed by atoms with Gasteiger partial charge in [0.25, 0.3) is 0 Å². The molecule has 0 unspecified atom stereocenters. The Morgan fingerprint density at radius 3 is 2.67 bits per heavy atom. The number of halogens is 1. The number of H-pyrrole nitrogens is 1. The number of aromatic nitrogens is 3. The molecular weight excluding hydrogens is 400 g/mol. The molecule has 136 valence electrons. The van der Waals surface area contributed by atoms with Gasteiger partial charge in [0.15, 0.2) is 5.82 Å². The summed E-state index contributed by atoms with van der Waals surface area (Å²) in [5.74, 6) is 1.78. The predicted molar refractivity (Wildman–Crippen MR) is 114 cm³/mol. The maximum absolute atomic E-state index is 4.63. The first-order chi connectivity index (χ1) is 13.3. The molecule has 0 saturated carbocycles. The fourth-order valence-corrected chi connectivity index (χ4v) is 4.55. The van der Waals surface area contributed by atoms with E-state index in [-0.39, 0.29) is 0 Å². The van der Waals surface area contributed by atoms with E-state index in [4.69, 9.17) is 0 Å². The zero-order valence-corrected chi connectivity index (χ0v) is 16.6. The minimum absolute atomic E-state index is 0.750. The van der Waals surface area contributed by atoms with Crippen molar-refractivity contribution in [2.24, 2.45) is 5.92 Å². The van der Waals surface area contributed by atoms with E-state index in [2.05, 4.69) is 84.3 Å². The average molecular weight is 421 g/mol. The second kappa shape index (κ2) is 6.97. The van der Waals surface area contributed by atoms with Gasteiger partial charge in [-0.15, -0.1) is 0 Å². The molecule has 0 spiro atoms. The van der Waals surface area contributed by atoms with Gasteiger partial charge in [0, 0.05) is 28.5 Å². The van der Waals surface area contributed by atoms with Gasteiger partial charge in [-0.2, -0.15) is 0 Å². The van der Waals surface area contributed by atoms with Gasteiger partial charge in [0.2, 0.25) is 0 Å². The molecule has 5 rings (SSSR count). The van der Waals surface area contributed by atoms with Crippen molar-refractivity contribution in [3.05, 3.63) is 64.9 Å². The van der Waals surface area contributed by atoms with Gasteiger partial charge in [-0.05, 0) is 48.9 Å². The molecule has 2 aromatic carbocycles. The number of nitrogens with one attached hydrogen (secondary N) is 1. The molecule has 2 aromatic heterocycles. The molecule has 27 heavy (non-hydrogen) atoms. The van der Waals surface area contributed by atoms with Gasteiger partial charge in [0.05, 0.1) is 0 Å². The highest BCUT2D eigenvalue weighted by atomic mass is 79.9. The number of hydrogen-bond donors (Lipinski definition) is 1. The normalized spacial score (nSPS) is 15.7. The standard InChI is InChI=1S/C22H21BrN4/c23-17-6-7-19-18(13-17)20-21(26-19)22(25-14-24-20)27-10-8-16(9-11-27)12-15-4-2-1-3-5-15/h1-7,13-14,16,26H,8-12H2. The van der Waals surface area contributed by atoms with Crippen molar-refractivity contribution >= 4 is 43.7 Å². The van der Waals surface area contributed by atoms with E-state index >= 15 is 0 Å². The molecule has 1 N–H and O–H groups in total. The maximum Gasteiger partial charge on any atom is 0.156 e. The minimum Gasteiger partial charge on any atom is -0.355 e. The van der Waals surface area contributed by atoms with Crippen molar-refractivity contribution in [1.29, 1.82) is 0 Å². The third-order valence-electron chi connectivity index (χ3n) is 5.60. The Morgan fingerprint density at radius 2 is 1.85 bits per heavy atom. The summed E-state index contributed by atoms with van der Waals surface area (Å²) in [6.45, 7) is 2.09. The fraction of sp³-hybridized carbons (Fsp3) is 0.273. The summed E-state index contributed by atoms with van der Waals surface area (Å²) in [6.07, 6.45) is 5.27. The molecule has 0 atom stereocenters. The maximum atomic E-state index is 4.63. The van der Waals surface area contributed by atoms with Crippen LogP contribution in [0, 0.1) is 5.92 Å². The summed E-state index contributed by atoms with van der Waals surface area (Å²) in [5.41, 5.74) is 4.60. The molecule has 5 heteroatoms. The smallest absolute Gasteiger partial charge is 0.156 e. The number of nitrogens with zero attached hydrogens (tertiary/aromatic N) is 3. The van der Waals surface area contributed by atoms with E-state index in [1.807, 2.05) is 0 Å². The third-order valence-corrected chi connectivity index (χ3v) is 6.10. The van der Waals surface area contributed by atoms with Crippen LogP contribution in [0.25, 0.3) is 21.9 Å². The second-order valence-electron chi connectivity index (χ2n) is 7.36. The van der Waals surface area contributed by atoms with Gasteiger partial charge in [-0.25, -0.2) is 9.97 Å². The van der Waals surface area contributed by atoms with E-state index in [0.29, 0.717) is 0 Å². The molecule has 4 nitrogen and oxygen atoms in total. The van der Waals surface area contributed by atoms with Crippen LogP contribution in [0.1, 0.15) is 18.4 Å².